The van der Waals surface area contributed by atoms with Gasteiger partial charge in [-0.15, -0.1) is 0 Å². The van der Waals surface area contributed by atoms with E-state index in [4.69, 9.17) is 0 Å². The smallest absolute Gasteiger partial charge is 0.329 e. The molecule has 2 aliphatic rings. The number of hydrogen-bond donors (Lipinski definition) is 2. The number of aromatic nitrogens is 4. The lowest BCUT2D eigenvalue weighted by Crippen LogP contribution is -2.45. The van der Waals surface area contributed by atoms with Crippen molar-refractivity contribution in [1.29, 1.82) is 0 Å². The molecule has 0 spiro atoms. The first-order valence-corrected chi connectivity index (χ1v) is 8.57. The first-order valence-electron chi connectivity index (χ1n) is 7.41. The fourth-order valence-corrected chi connectivity index (χ4v) is 3.74. The molecule has 118 valence electrons. The molecule has 2 aromatic heterocycles. The summed E-state index contributed by atoms with van der Waals surface area (Å²) in [4.78, 5) is 33.4. The topological polar surface area (TPSA) is 87.9 Å². The molecule has 2 aromatic rings. The third kappa shape index (κ3) is 1.99. The Morgan fingerprint density at radius 3 is 2.59 bits per heavy atom. The molecule has 0 aromatic carbocycles. The van der Waals surface area contributed by atoms with Gasteiger partial charge < -0.3 is 10.2 Å². The summed E-state index contributed by atoms with van der Waals surface area (Å²) < 4.78 is 3.46. The zero-order chi connectivity index (χ0) is 15.3. The summed E-state index contributed by atoms with van der Waals surface area (Å²) in [6, 6.07) is 0.276. The fraction of sp³-hybridized carbons (Fsp3) is 0.615. The van der Waals surface area contributed by atoms with Crippen LogP contribution in [0.25, 0.3) is 11.2 Å². The maximum atomic E-state index is 12.3. The zero-order valence-electron chi connectivity index (χ0n) is 12.3. The Labute approximate surface area is 130 Å². The summed E-state index contributed by atoms with van der Waals surface area (Å²) in [5.74, 6) is 2.77. The molecule has 0 bridgehead atoms. The van der Waals surface area contributed by atoms with Crippen molar-refractivity contribution in [1.82, 2.24) is 24.4 Å². The molecule has 2 saturated heterocycles. The highest BCUT2D eigenvalue weighted by molar-refractivity contribution is 8.00. The number of imidazole rings is 1. The zero-order valence-corrected chi connectivity index (χ0v) is 13.2. The quantitative estimate of drug-likeness (QED) is 0.747. The van der Waals surface area contributed by atoms with Gasteiger partial charge in [0.25, 0.3) is 5.56 Å². The largest absolute Gasteiger partial charge is 0.340 e. The number of thioether (sulfide) groups is 1. The van der Waals surface area contributed by atoms with Gasteiger partial charge in [-0.1, -0.05) is 0 Å². The predicted molar refractivity (Wildman–Crippen MR) is 87.0 cm³/mol. The van der Waals surface area contributed by atoms with Crippen LogP contribution in [0, 0.1) is 0 Å². The van der Waals surface area contributed by atoms with E-state index in [9.17, 15) is 9.59 Å². The van der Waals surface area contributed by atoms with Gasteiger partial charge in [0.05, 0.1) is 6.04 Å². The normalized spacial score (nSPS) is 19.6. The third-order valence-electron chi connectivity index (χ3n) is 4.32. The first kappa shape index (κ1) is 13.9. The Balaban J connectivity index is 1.98. The number of anilines is 1. The minimum atomic E-state index is -0.419. The summed E-state index contributed by atoms with van der Waals surface area (Å²) in [7, 11) is 1.65. The summed E-state index contributed by atoms with van der Waals surface area (Å²) in [6.07, 6.45) is 0. The maximum absolute atomic E-state index is 12.3. The first-order chi connectivity index (χ1) is 10.7. The molecule has 2 N–H and O–H groups in total. The Kier molecular flexibility index (Phi) is 3.26. The number of piperazine rings is 1. The van der Waals surface area contributed by atoms with Gasteiger partial charge in [-0.2, -0.15) is 16.7 Å². The molecule has 4 heterocycles. The van der Waals surface area contributed by atoms with E-state index >= 15 is 0 Å². The average Bonchev–Trinajstić information content (AvgIpc) is 2.85. The lowest BCUT2D eigenvalue weighted by Gasteiger charge is -2.33. The number of fused-ring (bicyclic) bond motifs is 1. The Bertz CT molecular complexity index is 827. The van der Waals surface area contributed by atoms with E-state index in [1.165, 1.54) is 4.57 Å². The second kappa shape index (κ2) is 5.17. The molecule has 0 atom stereocenters. The molecule has 8 nitrogen and oxygen atoms in total. The van der Waals surface area contributed by atoms with Crippen molar-refractivity contribution in [2.24, 2.45) is 7.05 Å². The van der Waals surface area contributed by atoms with E-state index in [1.807, 2.05) is 16.3 Å². The molecule has 0 unspecified atom stereocenters. The van der Waals surface area contributed by atoms with Crippen molar-refractivity contribution in [3.8, 4) is 0 Å². The Morgan fingerprint density at radius 1 is 1.23 bits per heavy atom. The van der Waals surface area contributed by atoms with Crippen LogP contribution in [-0.4, -0.2) is 56.8 Å². The SMILES string of the molecule is Cn1c(=O)[nH]c(=O)c2c1nc(N1CCNCC1)n2C1CSC1. The van der Waals surface area contributed by atoms with E-state index in [0.29, 0.717) is 11.2 Å². The Morgan fingerprint density at radius 2 is 1.95 bits per heavy atom. The average molecular weight is 322 g/mol. The van der Waals surface area contributed by atoms with Gasteiger partial charge in [-0.05, 0) is 0 Å². The maximum Gasteiger partial charge on any atom is 0.329 e. The van der Waals surface area contributed by atoms with Crippen molar-refractivity contribution in [3.05, 3.63) is 20.8 Å². The van der Waals surface area contributed by atoms with Crippen LogP contribution in [0.2, 0.25) is 0 Å². The van der Waals surface area contributed by atoms with Crippen molar-refractivity contribution in [2.45, 2.75) is 6.04 Å². The van der Waals surface area contributed by atoms with E-state index < -0.39 is 5.69 Å². The van der Waals surface area contributed by atoms with Crippen molar-refractivity contribution < 1.29 is 0 Å². The van der Waals surface area contributed by atoms with Crippen LogP contribution in [0.3, 0.4) is 0 Å². The van der Waals surface area contributed by atoms with Crippen LogP contribution in [0.1, 0.15) is 6.04 Å². The number of rotatable bonds is 2. The molecular formula is C13H18N6O2S. The number of nitrogens with one attached hydrogen (secondary N) is 2. The van der Waals surface area contributed by atoms with Crippen LogP contribution >= 0.6 is 11.8 Å². The highest BCUT2D eigenvalue weighted by Crippen LogP contribution is 2.35. The number of aromatic amines is 1. The van der Waals surface area contributed by atoms with Crippen LogP contribution in [-0.2, 0) is 7.05 Å². The van der Waals surface area contributed by atoms with Gasteiger partial charge in [-0.25, -0.2) is 4.79 Å². The van der Waals surface area contributed by atoms with Gasteiger partial charge in [0.2, 0.25) is 5.95 Å². The van der Waals surface area contributed by atoms with Gasteiger partial charge in [0.1, 0.15) is 0 Å². The monoisotopic (exact) mass is 322 g/mol. The van der Waals surface area contributed by atoms with E-state index in [2.05, 4.69) is 20.2 Å². The number of aryl methyl sites for hydroxylation is 1. The number of hydrogen-bond acceptors (Lipinski definition) is 6. The van der Waals surface area contributed by atoms with Crippen molar-refractivity contribution in [3.63, 3.8) is 0 Å². The van der Waals surface area contributed by atoms with Gasteiger partial charge in [-0.3, -0.25) is 18.9 Å². The van der Waals surface area contributed by atoms with Crippen LogP contribution in [0.15, 0.2) is 9.59 Å². The molecule has 2 aliphatic heterocycles. The lowest BCUT2D eigenvalue weighted by atomic mass is 10.3. The highest BCUT2D eigenvalue weighted by Gasteiger charge is 2.30. The number of nitrogens with zero attached hydrogens (tertiary/aromatic N) is 4. The minimum absolute atomic E-state index is 0.276. The summed E-state index contributed by atoms with van der Waals surface area (Å²) in [5.41, 5.74) is 0.223. The van der Waals surface area contributed by atoms with Gasteiger partial charge in [0, 0.05) is 44.7 Å². The summed E-state index contributed by atoms with van der Waals surface area (Å²) >= 11 is 1.86. The second-order valence-corrected chi connectivity index (χ2v) is 6.78. The van der Waals surface area contributed by atoms with Crippen molar-refractivity contribution in [2.75, 3.05) is 42.6 Å². The molecule has 9 heteroatoms. The molecule has 2 fully saturated rings. The lowest BCUT2D eigenvalue weighted by molar-refractivity contribution is 0.545. The molecule has 0 amide bonds. The fourth-order valence-electron chi connectivity index (χ4n) is 3.00. The highest BCUT2D eigenvalue weighted by atomic mass is 32.2. The predicted octanol–water partition coefficient (Wildman–Crippen LogP) is -0.879. The van der Waals surface area contributed by atoms with E-state index in [1.54, 1.807) is 7.05 Å². The van der Waals surface area contributed by atoms with Gasteiger partial charge >= 0.3 is 5.69 Å². The summed E-state index contributed by atoms with van der Waals surface area (Å²) in [6.45, 7) is 3.51. The summed E-state index contributed by atoms with van der Waals surface area (Å²) in [5, 5.41) is 3.32. The number of H-pyrrole nitrogens is 1. The van der Waals surface area contributed by atoms with Gasteiger partial charge in [0.15, 0.2) is 11.2 Å². The molecule has 4 rings (SSSR count). The molecule has 22 heavy (non-hydrogen) atoms. The van der Waals surface area contributed by atoms with Crippen LogP contribution in [0.5, 0.6) is 0 Å². The van der Waals surface area contributed by atoms with Crippen molar-refractivity contribution >= 4 is 28.9 Å². The van der Waals surface area contributed by atoms with Crippen LogP contribution < -0.4 is 21.5 Å². The third-order valence-corrected chi connectivity index (χ3v) is 5.56. The van der Waals surface area contributed by atoms with Crippen LogP contribution in [0.4, 0.5) is 5.95 Å². The second-order valence-electron chi connectivity index (χ2n) is 5.70. The van der Waals surface area contributed by atoms with E-state index in [0.717, 1.165) is 43.6 Å². The van der Waals surface area contributed by atoms with E-state index in [-0.39, 0.29) is 11.6 Å². The molecular weight excluding hydrogens is 304 g/mol. The standard InChI is InChI=1S/C13H18N6O2S/c1-17-10-9(11(20)16-13(17)21)19(8-6-22-7-8)12(15-10)18-4-2-14-3-5-18/h8,14H,2-7H2,1H3,(H,16,20,21). The Hall–Kier alpha value is -1.74. The molecule has 0 radical (unpaired) electrons. The minimum Gasteiger partial charge on any atom is -0.340 e. The molecule has 0 aliphatic carbocycles. The molecule has 0 saturated carbocycles.